The number of pyridine rings is 1. The fourth-order valence-corrected chi connectivity index (χ4v) is 4.16. The summed E-state index contributed by atoms with van der Waals surface area (Å²) in [6, 6.07) is 14.3. The molecule has 30 heavy (non-hydrogen) atoms. The first-order valence-electron chi connectivity index (χ1n) is 10.1. The Morgan fingerprint density at radius 3 is 2.63 bits per heavy atom. The lowest BCUT2D eigenvalue weighted by Crippen LogP contribution is -2.46. The Balaban J connectivity index is 1.23. The van der Waals surface area contributed by atoms with Gasteiger partial charge in [-0.2, -0.15) is 0 Å². The van der Waals surface area contributed by atoms with Gasteiger partial charge in [0.05, 0.1) is 5.25 Å². The lowest BCUT2D eigenvalue weighted by molar-refractivity contribution is -0.121. The third kappa shape index (κ3) is 5.46. The first-order valence-corrected chi connectivity index (χ1v) is 11.0. The van der Waals surface area contributed by atoms with E-state index < -0.39 is 0 Å². The molecule has 4 rings (SSSR count). The van der Waals surface area contributed by atoms with Crippen molar-refractivity contribution >= 4 is 17.7 Å². The molecule has 0 spiro atoms. The summed E-state index contributed by atoms with van der Waals surface area (Å²) in [7, 11) is 0. The number of amides is 1. The van der Waals surface area contributed by atoms with E-state index in [0.29, 0.717) is 11.1 Å². The molecule has 3 heterocycles. The molecule has 7 nitrogen and oxygen atoms in total. The molecular formula is C22H25N5O2S. The molecule has 0 aliphatic carbocycles. The minimum atomic E-state index is -0.307. The largest absolute Gasteiger partial charge is 0.411 e. The molecule has 1 aliphatic heterocycles. The standard InChI is InChI=1S/C22H25N5O2S/c1-16(30-22-26-25-21(29-22)18-7-11-23-12-8-18)20(28)24-19-9-13-27(14-10-19)15-17-5-3-2-4-6-17/h2-8,11-12,16,19H,9-10,13-15H2,1H3,(H,24,28). The molecule has 1 atom stereocenters. The maximum absolute atomic E-state index is 12.6. The van der Waals surface area contributed by atoms with E-state index in [9.17, 15) is 4.79 Å². The molecule has 1 saturated heterocycles. The molecule has 1 fully saturated rings. The van der Waals surface area contributed by atoms with E-state index in [4.69, 9.17) is 4.42 Å². The summed E-state index contributed by atoms with van der Waals surface area (Å²) in [6.07, 6.45) is 5.27. The number of nitrogens with one attached hydrogen (secondary N) is 1. The van der Waals surface area contributed by atoms with Crippen LogP contribution >= 0.6 is 11.8 Å². The Morgan fingerprint density at radius 2 is 1.90 bits per heavy atom. The Morgan fingerprint density at radius 1 is 1.17 bits per heavy atom. The van der Waals surface area contributed by atoms with Crippen molar-refractivity contribution in [1.82, 2.24) is 25.4 Å². The van der Waals surface area contributed by atoms with Crippen LogP contribution in [0.5, 0.6) is 0 Å². The van der Waals surface area contributed by atoms with Crippen molar-refractivity contribution < 1.29 is 9.21 Å². The second-order valence-corrected chi connectivity index (χ2v) is 8.71. The van der Waals surface area contributed by atoms with Gasteiger partial charge in [-0.25, -0.2) is 0 Å². The van der Waals surface area contributed by atoms with Gasteiger partial charge in [-0.05, 0) is 37.5 Å². The second-order valence-electron chi connectivity index (χ2n) is 7.41. The van der Waals surface area contributed by atoms with Crippen molar-refractivity contribution in [1.29, 1.82) is 0 Å². The average Bonchev–Trinajstić information content (AvgIpc) is 3.25. The highest BCUT2D eigenvalue weighted by atomic mass is 32.2. The number of rotatable bonds is 7. The second kappa shape index (κ2) is 9.86. The smallest absolute Gasteiger partial charge is 0.277 e. The molecule has 0 bridgehead atoms. The lowest BCUT2D eigenvalue weighted by atomic mass is 10.0. The highest BCUT2D eigenvalue weighted by molar-refractivity contribution is 8.00. The number of carbonyl (C=O) groups is 1. The quantitative estimate of drug-likeness (QED) is 0.583. The molecule has 1 N–H and O–H groups in total. The van der Waals surface area contributed by atoms with Gasteiger partial charge in [0.1, 0.15) is 0 Å². The topological polar surface area (TPSA) is 84.1 Å². The highest BCUT2D eigenvalue weighted by Crippen LogP contribution is 2.26. The molecular weight excluding hydrogens is 398 g/mol. The van der Waals surface area contributed by atoms with Crippen LogP contribution in [0.2, 0.25) is 0 Å². The fraction of sp³-hybridized carbons (Fsp3) is 0.364. The van der Waals surface area contributed by atoms with E-state index in [1.54, 1.807) is 12.4 Å². The summed E-state index contributed by atoms with van der Waals surface area (Å²) in [6.45, 7) is 4.80. The van der Waals surface area contributed by atoms with Crippen molar-refractivity contribution in [3.63, 3.8) is 0 Å². The molecule has 156 valence electrons. The average molecular weight is 424 g/mol. The van der Waals surface area contributed by atoms with Crippen LogP contribution in [0.15, 0.2) is 64.5 Å². The zero-order valence-electron chi connectivity index (χ0n) is 16.9. The van der Waals surface area contributed by atoms with E-state index in [1.807, 2.05) is 25.1 Å². The summed E-state index contributed by atoms with van der Waals surface area (Å²) in [4.78, 5) is 19.0. The molecule has 1 aromatic carbocycles. The van der Waals surface area contributed by atoms with Crippen LogP contribution < -0.4 is 5.32 Å². The number of piperidine rings is 1. The van der Waals surface area contributed by atoms with Crippen LogP contribution in [0, 0.1) is 0 Å². The minimum Gasteiger partial charge on any atom is -0.411 e. The van der Waals surface area contributed by atoms with Gasteiger partial charge in [-0.1, -0.05) is 42.1 Å². The fourth-order valence-electron chi connectivity index (χ4n) is 3.47. The number of hydrogen-bond donors (Lipinski definition) is 1. The van der Waals surface area contributed by atoms with E-state index in [0.717, 1.165) is 38.0 Å². The zero-order chi connectivity index (χ0) is 20.8. The van der Waals surface area contributed by atoms with Crippen LogP contribution in [0.25, 0.3) is 11.5 Å². The number of nitrogens with zero attached hydrogens (tertiary/aromatic N) is 4. The molecule has 0 saturated carbocycles. The van der Waals surface area contributed by atoms with Crippen molar-refractivity contribution in [3.8, 4) is 11.5 Å². The molecule has 8 heteroatoms. The van der Waals surface area contributed by atoms with E-state index >= 15 is 0 Å². The van der Waals surface area contributed by atoms with Crippen molar-refractivity contribution in [3.05, 3.63) is 60.4 Å². The lowest BCUT2D eigenvalue weighted by Gasteiger charge is -2.32. The first-order chi connectivity index (χ1) is 14.7. The monoisotopic (exact) mass is 423 g/mol. The SMILES string of the molecule is CC(Sc1nnc(-c2ccncc2)o1)C(=O)NC1CCN(Cc2ccccc2)CC1. The number of benzene rings is 1. The van der Waals surface area contributed by atoms with Crippen molar-refractivity contribution in [2.75, 3.05) is 13.1 Å². The molecule has 0 radical (unpaired) electrons. The number of hydrogen-bond acceptors (Lipinski definition) is 7. The number of thioether (sulfide) groups is 1. The Bertz CT molecular complexity index is 942. The van der Waals surface area contributed by atoms with Gasteiger partial charge in [0, 0.05) is 43.6 Å². The van der Waals surface area contributed by atoms with Crippen LogP contribution in [0.1, 0.15) is 25.3 Å². The highest BCUT2D eigenvalue weighted by Gasteiger charge is 2.24. The molecule has 1 unspecified atom stereocenters. The van der Waals surface area contributed by atoms with Gasteiger partial charge < -0.3 is 9.73 Å². The third-order valence-corrected chi connectivity index (χ3v) is 6.10. The summed E-state index contributed by atoms with van der Waals surface area (Å²) < 4.78 is 5.68. The molecule has 1 amide bonds. The van der Waals surface area contributed by atoms with E-state index in [2.05, 4.69) is 49.7 Å². The summed E-state index contributed by atoms with van der Waals surface area (Å²) >= 11 is 1.28. The summed E-state index contributed by atoms with van der Waals surface area (Å²) in [5.74, 6) is 0.434. The van der Waals surface area contributed by atoms with Gasteiger partial charge in [-0.15, -0.1) is 10.2 Å². The minimum absolute atomic E-state index is 0.00479. The van der Waals surface area contributed by atoms with Gasteiger partial charge in [0.25, 0.3) is 5.22 Å². The molecule has 3 aromatic rings. The van der Waals surface area contributed by atoms with Gasteiger partial charge in [0.2, 0.25) is 11.8 Å². The maximum Gasteiger partial charge on any atom is 0.277 e. The number of aromatic nitrogens is 3. The predicted molar refractivity (Wildman–Crippen MR) is 116 cm³/mol. The summed E-state index contributed by atoms with van der Waals surface area (Å²) in [5.41, 5.74) is 2.14. The van der Waals surface area contributed by atoms with Crippen molar-refractivity contribution in [2.45, 2.75) is 42.8 Å². The predicted octanol–water partition coefficient (Wildman–Crippen LogP) is 3.39. The Labute approximate surface area is 180 Å². The Kier molecular flexibility index (Phi) is 6.76. The van der Waals surface area contributed by atoms with Crippen LogP contribution in [-0.2, 0) is 11.3 Å². The Hall–Kier alpha value is -2.71. The van der Waals surface area contributed by atoms with Gasteiger partial charge in [-0.3, -0.25) is 14.7 Å². The first kappa shape index (κ1) is 20.6. The number of likely N-dealkylation sites (tertiary alicyclic amines) is 1. The number of carbonyl (C=O) groups excluding carboxylic acids is 1. The molecule has 1 aliphatic rings. The molecule has 2 aromatic heterocycles. The van der Waals surface area contributed by atoms with Crippen LogP contribution in [-0.4, -0.2) is 50.4 Å². The van der Waals surface area contributed by atoms with E-state index in [1.165, 1.54) is 17.3 Å². The van der Waals surface area contributed by atoms with Gasteiger partial charge in [0.15, 0.2) is 0 Å². The maximum atomic E-state index is 12.6. The third-order valence-electron chi connectivity index (χ3n) is 5.16. The normalized spacial score (nSPS) is 16.3. The van der Waals surface area contributed by atoms with Crippen LogP contribution in [0.4, 0.5) is 0 Å². The van der Waals surface area contributed by atoms with Crippen molar-refractivity contribution in [2.24, 2.45) is 0 Å². The zero-order valence-corrected chi connectivity index (χ0v) is 17.7. The summed E-state index contributed by atoms with van der Waals surface area (Å²) in [5, 5.41) is 11.4. The van der Waals surface area contributed by atoms with E-state index in [-0.39, 0.29) is 17.2 Å². The van der Waals surface area contributed by atoms with Crippen LogP contribution in [0.3, 0.4) is 0 Å². The van der Waals surface area contributed by atoms with Gasteiger partial charge >= 0.3 is 0 Å².